The molecule has 0 aromatic carbocycles. The Labute approximate surface area is 74.3 Å². The van der Waals surface area contributed by atoms with E-state index in [1.807, 2.05) is 6.08 Å². The van der Waals surface area contributed by atoms with Gasteiger partial charge in [0.2, 0.25) is 0 Å². The van der Waals surface area contributed by atoms with E-state index in [9.17, 15) is 0 Å². The van der Waals surface area contributed by atoms with E-state index in [1.165, 1.54) is 5.57 Å². The van der Waals surface area contributed by atoms with E-state index in [-0.39, 0.29) is 0 Å². The fourth-order valence-corrected chi connectivity index (χ4v) is 0.904. The molecule has 0 aliphatic rings. The van der Waals surface area contributed by atoms with E-state index >= 15 is 0 Å². The van der Waals surface area contributed by atoms with E-state index in [0.29, 0.717) is 12.5 Å². The standard InChI is InChI=1S/C9H15NS/c1-7(2)9(6-10-4)5-8(3)11/h5,7,11H,3-4,6H2,1-2H3/b9-5-. The van der Waals surface area contributed by atoms with Crippen LogP contribution in [0.3, 0.4) is 0 Å². The van der Waals surface area contributed by atoms with Gasteiger partial charge in [0.1, 0.15) is 0 Å². The maximum absolute atomic E-state index is 4.09. The van der Waals surface area contributed by atoms with Crippen LogP contribution in [0.2, 0.25) is 0 Å². The molecule has 11 heavy (non-hydrogen) atoms. The summed E-state index contributed by atoms with van der Waals surface area (Å²) in [5.41, 5.74) is 1.22. The molecule has 2 heteroatoms. The molecule has 0 aromatic rings. The Hall–Kier alpha value is -0.500. The third-order valence-electron chi connectivity index (χ3n) is 1.39. The third-order valence-corrected chi connectivity index (χ3v) is 1.52. The van der Waals surface area contributed by atoms with Gasteiger partial charge in [-0.15, -0.1) is 12.6 Å². The van der Waals surface area contributed by atoms with Crippen LogP contribution < -0.4 is 0 Å². The molecule has 0 bridgehead atoms. The number of aliphatic imine (C=N–C) groups is 1. The molecule has 0 unspecified atom stereocenters. The summed E-state index contributed by atoms with van der Waals surface area (Å²) in [5.74, 6) is 0.490. The lowest BCUT2D eigenvalue weighted by molar-refractivity contribution is 0.747. The zero-order valence-corrected chi connectivity index (χ0v) is 8.06. The first-order valence-electron chi connectivity index (χ1n) is 3.58. The number of hydrogen-bond donors (Lipinski definition) is 1. The normalized spacial score (nSPS) is 11.8. The van der Waals surface area contributed by atoms with E-state index < -0.39 is 0 Å². The summed E-state index contributed by atoms with van der Waals surface area (Å²) in [6.45, 7) is 12.0. The Balaban J connectivity index is 4.31. The number of hydrogen-bond acceptors (Lipinski definition) is 2. The van der Waals surface area contributed by atoms with Crippen LogP contribution in [0.15, 0.2) is 28.1 Å². The van der Waals surface area contributed by atoms with Crippen molar-refractivity contribution in [2.45, 2.75) is 13.8 Å². The summed E-state index contributed by atoms with van der Waals surface area (Å²) < 4.78 is 0. The molecule has 0 N–H and O–H groups in total. The molecule has 0 saturated heterocycles. The van der Waals surface area contributed by atoms with Gasteiger partial charge in [-0.3, -0.25) is 4.99 Å². The summed E-state index contributed by atoms with van der Waals surface area (Å²) in [4.78, 5) is 4.59. The van der Waals surface area contributed by atoms with E-state index in [2.05, 4.69) is 44.8 Å². The Morgan fingerprint density at radius 1 is 1.64 bits per heavy atom. The molecule has 0 amide bonds. The van der Waals surface area contributed by atoms with E-state index in [0.717, 1.165) is 4.91 Å². The lowest BCUT2D eigenvalue weighted by atomic mass is 10.0. The summed E-state index contributed by atoms with van der Waals surface area (Å²) in [5, 5.41) is 0. The van der Waals surface area contributed by atoms with Crippen LogP contribution in [0.1, 0.15) is 13.8 Å². The number of allylic oxidation sites excluding steroid dienone is 1. The van der Waals surface area contributed by atoms with Crippen LogP contribution in [0.5, 0.6) is 0 Å². The molecule has 1 nitrogen and oxygen atoms in total. The van der Waals surface area contributed by atoms with Gasteiger partial charge >= 0.3 is 0 Å². The SMILES string of the molecule is C=NC/C(=C/C(=C)S)C(C)C. The van der Waals surface area contributed by atoms with Gasteiger partial charge in [-0.05, 0) is 29.2 Å². The molecule has 0 aromatic heterocycles. The van der Waals surface area contributed by atoms with Gasteiger partial charge < -0.3 is 0 Å². The second-order valence-electron chi connectivity index (χ2n) is 2.75. The average Bonchev–Trinajstić information content (AvgIpc) is 1.86. The van der Waals surface area contributed by atoms with Gasteiger partial charge in [-0.2, -0.15) is 0 Å². The van der Waals surface area contributed by atoms with Crippen molar-refractivity contribution in [3.63, 3.8) is 0 Å². The highest BCUT2D eigenvalue weighted by molar-refractivity contribution is 7.84. The lowest BCUT2D eigenvalue weighted by Gasteiger charge is -2.07. The monoisotopic (exact) mass is 169 g/mol. The van der Waals surface area contributed by atoms with Crippen molar-refractivity contribution in [2.24, 2.45) is 10.9 Å². The molecule has 0 aliphatic carbocycles. The molecule has 0 rings (SSSR count). The number of thiol groups is 1. The molecule has 0 aliphatic heterocycles. The summed E-state index contributed by atoms with van der Waals surface area (Å²) in [6, 6.07) is 0. The van der Waals surface area contributed by atoms with Gasteiger partial charge in [-0.1, -0.05) is 20.4 Å². The zero-order chi connectivity index (χ0) is 8.85. The minimum atomic E-state index is 0.490. The lowest BCUT2D eigenvalue weighted by Crippen LogP contribution is -1.97. The van der Waals surface area contributed by atoms with Crippen molar-refractivity contribution in [3.8, 4) is 0 Å². The Morgan fingerprint density at radius 2 is 2.18 bits per heavy atom. The van der Waals surface area contributed by atoms with Gasteiger partial charge in [0.25, 0.3) is 0 Å². The predicted molar refractivity (Wildman–Crippen MR) is 55.5 cm³/mol. The van der Waals surface area contributed by atoms with Crippen LogP contribution in [-0.2, 0) is 0 Å². The molecular formula is C9H15NS. The smallest absolute Gasteiger partial charge is 0.0598 e. The number of rotatable bonds is 4. The van der Waals surface area contributed by atoms with Crippen molar-refractivity contribution in [1.29, 1.82) is 0 Å². The third kappa shape index (κ3) is 4.85. The number of nitrogens with zero attached hydrogens (tertiary/aromatic N) is 1. The van der Waals surface area contributed by atoms with Crippen LogP contribution >= 0.6 is 12.6 Å². The molecule has 0 heterocycles. The minimum Gasteiger partial charge on any atom is -0.297 e. The van der Waals surface area contributed by atoms with Crippen molar-refractivity contribution < 1.29 is 0 Å². The first kappa shape index (κ1) is 10.5. The van der Waals surface area contributed by atoms with Crippen LogP contribution in [-0.4, -0.2) is 13.3 Å². The zero-order valence-electron chi connectivity index (χ0n) is 7.17. The first-order chi connectivity index (χ1) is 5.07. The second-order valence-corrected chi connectivity index (χ2v) is 3.32. The fourth-order valence-electron chi connectivity index (χ4n) is 0.738. The fraction of sp³-hybridized carbons (Fsp3) is 0.444. The maximum atomic E-state index is 4.09. The van der Waals surface area contributed by atoms with Crippen molar-refractivity contribution >= 4 is 19.3 Å². The first-order valence-corrected chi connectivity index (χ1v) is 4.03. The van der Waals surface area contributed by atoms with Gasteiger partial charge in [-0.25, -0.2) is 0 Å². The predicted octanol–water partition coefficient (Wildman–Crippen LogP) is 2.71. The maximum Gasteiger partial charge on any atom is 0.0598 e. The van der Waals surface area contributed by atoms with Gasteiger partial charge in [0, 0.05) is 0 Å². The highest BCUT2D eigenvalue weighted by atomic mass is 32.1. The largest absolute Gasteiger partial charge is 0.297 e. The molecule has 0 spiro atoms. The van der Waals surface area contributed by atoms with Gasteiger partial charge in [0.15, 0.2) is 0 Å². The van der Waals surface area contributed by atoms with Crippen molar-refractivity contribution in [2.75, 3.05) is 6.54 Å². The highest BCUT2D eigenvalue weighted by Gasteiger charge is 2.00. The van der Waals surface area contributed by atoms with Crippen LogP contribution in [0, 0.1) is 5.92 Å². The van der Waals surface area contributed by atoms with Crippen molar-refractivity contribution in [1.82, 2.24) is 0 Å². The summed E-state index contributed by atoms with van der Waals surface area (Å²) >= 11 is 4.09. The molecule has 0 fully saturated rings. The van der Waals surface area contributed by atoms with E-state index in [4.69, 9.17) is 0 Å². The summed E-state index contributed by atoms with van der Waals surface area (Å²) in [7, 11) is 0. The second kappa shape index (κ2) is 5.19. The molecule has 0 radical (unpaired) electrons. The topological polar surface area (TPSA) is 12.4 Å². The van der Waals surface area contributed by atoms with Crippen LogP contribution in [0.4, 0.5) is 0 Å². The van der Waals surface area contributed by atoms with E-state index in [1.54, 1.807) is 0 Å². The molecular weight excluding hydrogens is 154 g/mol. The summed E-state index contributed by atoms with van der Waals surface area (Å²) in [6.07, 6.45) is 1.95. The van der Waals surface area contributed by atoms with Crippen LogP contribution in [0.25, 0.3) is 0 Å². The molecule has 0 atom stereocenters. The minimum absolute atomic E-state index is 0.490. The highest BCUT2D eigenvalue weighted by Crippen LogP contribution is 2.13. The quantitative estimate of drug-likeness (QED) is 0.377. The molecule has 62 valence electrons. The van der Waals surface area contributed by atoms with Gasteiger partial charge in [0.05, 0.1) is 6.54 Å². The van der Waals surface area contributed by atoms with Crippen molar-refractivity contribution in [3.05, 3.63) is 23.1 Å². The Bertz CT molecular complexity index is 180. The molecule has 0 saturated carbocycles. The Kier molecular flexibility index (Phi) is 4.95. The average molecular weight is 169 g/mol. The Morgan fingerprint density at radius 3 is 2.45 bits per heavy atom.